The van der Waals surface area contributed by atoms with Crippen molar-refractivity contribution in [1.29, 1.82) is 0 Å². The maximum absolute atomic E-state index is 12.4. The molecule has 6 heteroatoms. The van der Waals surface area contributed by atoms with Crippen LogP contribution in [0.2, 0.25) is 5.02 Å². The van der Waals surface area contributed by atoms with Crippen molar-refractivity contribution >= 4 is 23.3 Å². The van der Waals surface area contributed by atoms with Gasteiger partial charge in [-0.15, -0.1) is 6.58 Å². The minimum Gasteiger partial charge on any atom is -0.390 e. The van der Waals surface area contributed by atoms with Crippen LogP contribution in [0.4, 0.5) is 4.79 Å². The van der Waals surface area contributed by atoms with Crippen LogP contribution in [0.5, 0.6) is 0 Å². The molecule has 1 aromatic carbocycles. The van der Waals surface area contributed by atoms with Gasteiger partial charge in [-0.2, -0.15) is 0 Å². The Morgan fingerprint density at radius 1 is 1.50 bits per heavy atom. The Kier molecular flexibility index (Phi) is 5.89. The minimum absolute atomic E-state index is 0.141. The van der Waals surface area contributed by atoms with Gasteiger partial charge >= 0.3 is 6.03 Å². The van der Waals surface area contributed by atoms with Crippen LogP contribution in [0.3, 0.4) is 0 Å². The van der Waals surface area contributed by atoms with Gasteiger partial charge in [-0.05, 0) is 26.8 Å². The molecule has 0 spiro atoms. The fourth-order valence-electron chi connectivity index (χ4n) is 2.42. The van der Waals surface area contributed by atoms with Crippen molar-refractivity contribution in [3.05, 3.63) is 47.5 Å². The second-order valence-corrected chi connectivity index (χ2v) is 7.23. The molecule has 1 atom stereocenters. The van der Waals surface area contributed by atoms with Crippen LogP contribution in [0.1, 0.15) is 32.8 Å². The van der Waals surface area contributed by atoms with E-state index >= 15 is 0 Å². The predicted molar refractivity (Wildman–Crippen MR) is 97.5 cm³/mol. The molecule has 1 N–H and O–H groups in total. The lowest BCUT2D eigenvalue weighted by molar-refractivity contribution is 0.0621. The molecule has 2 rings (SSSR count). The Morgan fingerprint density at radius 2 is 2.21 bits per heavy atom. The van der Waals surface area contributed by atoms with Crippen molar-refractivity contribution < 1.29 is 9.63 Å². The topological polar surface area (TPSA) is 53.9 Å². The molecule has 2 amide bonds. The molecule has 0 saturated heterocycles. The van der Waals surface area contributed by atoms with Crippen molar-refractivity contribution in [3.8, 4) is 0 Å². The first-order chi connectivity index (χ1) is 11.3. The van der Waals surface area contributed by atoms with Crippen molar-refractivity contribution in [1.82, 2.24) is 10.2 Å². The molecule has 130 valence electrons. The van der Waals surface area contributed by atoms with E-state index in [2.05, 4.69) is 17.1 Å². The number of hydrogen-bond donors (Lipinski definition) is 1. The molecule has 0 bridgehead atoms. The number of rotatable bonds is 5. The fourth-order valence-corrected chi connectivity index (χ4v) is 2.67. The van der Waals surface area contributed by atoms with Crippen LogP contribution in [0.15, 0.2) is 42.1 Å². The summed E-state index contributed by atoms with van der Waals surface area (Å²) in [6.45, 7) is 10.4. The zero-order valence-electron chi connectivity index (χ0n) is 14.4. The van der Waals surface area contributed by atoms with Gasteiger partial charge in [-0.3, -0.25) is 0 Å². The SMILES string of the molecule is C=CCN(CC1CC(c2ccccc2Cl)=NO1)C(=O)NC(C)(C)C. The average molecular weight is 350 g/mol. The van der Waals surface area contributed by atoms with Gasteiger partial charge in [0.1, 0.15) is 0 Å². The molecule has 1 unspecified atom stereocenters. The largest absolute Gasteiger partial charge is 0.390 e. The standard InChI is InChI=1S/C18H24ClN3O2/c1-5-10-22(17(23)20-18(2,3)4)12-13-11-16(21-24-13)14-8-6-7-9-15(14)19/h5-9,13H,1,10-12H2,2-4H3,(H,20,23). The first-order valence-corrected chi connectivity index (χ1v) is 8.33. The van der Waals surface area contributed by atoms with Crippen molar-refractivity contribution in [2.24, 2.45) is 5.16 Å². The lowest BCUT2D eigenvalue weighted by Gasteiger charge is -2.28. The van der Waals surface area contributed by atoms with Gasteiger partial charge in [-0.25, -0.2) is 4.79 Å². The predicted octanol–water partition coefficient (Wildman–Crippen LogP) is 3.83. The van der Waals surface area contributed by atoms with Crippen molar-refractivity contribution in [3.63, 3.8) is 0 Å². The number of carbonyl (C=O) groups is 1. The number of amides is 2. The van der Waals surface area contributed by atoms with E-state index in [1.165, 1.54) is 0 Å². The summed E-state index contributed by atoms with van der Waals surface area (Å²) >= 11 is 6.21. The van der Waals surface area contributed by atoms with Crippen LogP contribution < -0.4 is 5.32 Å². The van der Waals surface area contributed by atoms with Gasteiger partial charge in [0.15, 0.2) is 6.10 Å². The summed E-state index contributed by atoms with van der Waals surface area (Å²) in [4.78, 5) is 19.6. The Morgan fingerprint density at radius 3 is 2.83 bits per heavy atom. The van der Waals surface area contributed by atoms with E-state index in [-0.39, 0.29) is 17.7 Å². The summed E-state index contributed by atoms with van der Waals surface area (Å²) in [7, 11) is 0. The molecule has 1 aliphatic rings. The smallest absolute Gasteiger partial charge is 0.318 e. The van der Waals surface area contributed by atoms with Gasteiger partial charge < -0.3 is 15.1 Å². The van der Waals surface area contributed by atoms with Crippen LogP contribution >= 0.6 is 11.6 Å². The molecule has 1 heterocycles. The quantitative estimate of drug-likeness (QED) is 0.821. The van der Waals surface area contributed by atoms with E-state index in [0.717, 1.165) is 11.3 Å². The Labute approximate surface area is 148 Å². The lowest BCUT2D eigenvalue weighted by atomic mass is 10.0. The highest BCUT2D eigenvalue weighted by Crippen LogP contribution is 2.23. The molecule has 1 aliphatic heterocycles. The Hall–Kier alpha value is -2.01. The molecule has 0 fully saturated rings. The summed E-state index contributed by atoms with van der Waals surface area (Å²) in [5.41, 5.74) is 1.38. The Balaban J connectivity index is 1.99. The Bertz CT molecular complexity index is 637. The second kappa shape index (κ2) is 7.71. The second-order valence-electron chi connectivity index (χ2n) is 6.82. The van der Waals surface area contributed by atoms with E-state index in [1.807, 2.05) is 45.0 Å². The number of oxime groups is 1. The molecule has 0 aliphatic carbocycles. The monoisotopic (exact) mass is 349 g/mol. The van der Waals surface area contributed by atoms with Crippen molar-refractivity contribution in [2.45, 2.75) is 38.8 Å². The normalized spacial score (nSPS) is 17.0. The first-order valence-electron chi connectivity index (χ1n) is 7.95. The van der Waals surface area contributed by atoms with E-state index in [4.69, 9.17) is 16.4 Å². The molecule has 0 aromatic heterocycles. The molecule has 24 heavy (non-hydrogen) atoms. The summed E-state index contributed by atoms with van der Waals surface area (Å²) in [5.74, 6) is 0. The number of benzene rings is 1. The third kappa shape index (κ3) is 4.99. The number of nitrogens with one attached hydrogen (secondary N) is 1. The van der Waals surface area contributed by atoms with Crippen molar-refractivity contribution in [2.75, 3.05) is 13.1 Å². The molecule has 0 radical (unpaired) electrons. The number of hydrogen-bond acceptors (Lipinski definition) is 3. The molecular weight excluding hydrogens is 326 g/mol. The van der Waals surface area contributed by atoms with Crippen LogP contribution in [0, 0.1) is 0 Å². The fraction of sp³-hybridized carbons (Fsp3) is 0.444. The third-order valence-corrected chi connectivity index (χ3v) is 3.79. The third-order valence-electron chi connectivity index (χ3n) is 3.46. The summed E-state index contributed by atoms with van der Waals surface area (Å²) in [6.07, 6.45) is 2.12. The van der Waals surface area contributed by atoms with E-state index in [1.54, 1.807) is 11.0 Å². The average Bonchev–Trinajstić information content (AvgIpc) is 2.94. The summed E-state index contributed by atoms with van der Waals surface area (Å²) < 4.78 is 0. The van der Waals surface area contributed by atoms with E-state index in [0.29, 0.717) is 24.5 Å². The first kappa shape index (κ1) is 18.3. The van der Waals surface area contributed by atoms with E-state index < -0.39 is 0 Å². The van der Waals surface area contributed by atoms with Gasteiger partial charge in [0.25, 0.3) is 0 Å². The van der Waals surface area contributed by atoms with Crippen LogP contribution in [0.25, 0.3) is 0 Å². The molecule has 0 saturated carbocycles. The van der Waals surface area contributed by atoms with Gasteiger partial charge in [0.2, 0.25) is 0 Å². The number of halogens is 1. The zero-order valence-corrected chi connectivity index (χ0v) is 15.1. The highest BCUT2D eigenvalue weighted by atomic mass is 35.5. The summed E-state index contributed by atoms with van der Waals surface area (Å²) in [6, 6.07) is 7.39. The van der Waals surface area contributed by atoms with Crippen LogP contribution in [-0.2, 0) is 4.84 Å². The minimum atomic E-state index is -0.299. The number of carbonyl (C=O) groups excluding carboxylic acids is 1. The molecule has 5 nitrogen and oxygen atoms in total. The summed E-state index contributed by atoms with van der Waals surface area (Å²) in [5, 5.41) is 7.75. The van der Waals surface area contributed by atoms with Gasteiger partial charge in [0, 0.05) is 29.1 Å². The zero-order chi connectivity index (χ0) is 17.7. The molecular formula is C18H24ClN3O2. The van der Waals surface area contributed by atoms with Gasteiger partial charge in [-0.1, -0.05) is 41.0 Å². The number of urea groups is 1. The maximum Gasteiger partial charge on any atom is 0.318 e. The maximum atomic E-state index is 12.4. The number of nitrogens with zero attached hydrogens (tertiary/aromatic N) is 2. The van der Waals surface area contributed by atoms with E-state index in [9.17, 15) is 4.79 Å². The van der Waals surface area contributed by atoms with Crippen LogP contribution in [-0.4, -0.2) is 41.4 Å². The highest BCUT2D eigenvalue weighted by molar-refractivity contribution is 6.34. The van der Waals surface area contributed by atoms with Gasteiger partial charge in [0.05, 0.1) is 12.3 Å². The highest BCUT2D eigenvalue weighted by Gasteiger charge is 2.28. The lowest BCUT2D eigenvalue weighted by Crippen LogP contribution is -2.50. The molecule has 1 aromatic rings.